The number of halogens is 1. The summed E-state index contributed by atoms with van der Waals surface area (Å²) in [6.07, 6.45) is 0. The molecule has 3 rings (SSSR count). The van der Waals surface area contributed by atoms with E-state index in [4.69, 9.17) is 0 Å². The highest BCUT2D eigenvalue weighted by Crippen LogP contribution is 2.23. The number of amides is 1. The van der Waals surface area contributed by atoms with Crippen LogP contribution in [-0.4, -0.2) is 17.4 Å². The maximum atomic E-state index is 12.9. The van der Waals surface area contributed by atoms with E-state index in [0.29, 0.717) is 16.8 Å². The normalized spacial score (nSPS) is 10.4. The maximum Gasteiger partial charge on any atom is 0.255 e. The Morgan fingerprint density at radius 3 is 2.30 bits per heavy atom. The van der Waals surface area contributed by atoms with E-state index in [1.807, 2.05) is 37.3 Å². The van der Waals surface area contributed by atoms with Gasteiger partial charge in [0.25, 0.3) is 5.91 Å². The lowest BCUT2D eigenvalue weighted by atomic mass is 10.1. The Kier molecular flexibility index (Phi) is 6.04. The van der Waals surface area contributed by atoms with E-state index in [2.05, 4.69) is 5.32 Å². The molecule has 0 heterocycles. The molecule has 0 aliphatic rings. The standard InChI is InChI=1S/C22H18FNO2S/c1-15-5-7-17(8-6-15)22(26)24-19-3-2-4-20(13-19)27-14-21(25)16-9-11-18(23)12-10-16/h2-13H,14H2,1H3,(H,24,26). The predicted molar refractivity (Wildman–Crippen MR) is 107 cm³/mol. The number of hydrogen-bond acceptors (Lipinski definition) is 3. The van der Waals surface area contributed by atoms with Crippen molar-refractivity contribution in [2.75, 3.05) is 11.1 Å². The second kappa shape index (κ2) is 8.64. The molecule has 27 heavy (non-hydrogen) atoms. The van der Waals surface area contributed by atoms with Gasteiger partial charge in [-0.25, -0.2) is 4.39 Å². The summed E-state index contributed by atoms with van der Waals surface area (Å²) in [6, 6.07) is 20.2. The average Bonchev–Trinajstić information content (AvgIpc) is 2.67. The minimum Gasteiger partial charge on any atom is -0.322 e. The van der Waals surface area contributed by atoms with E-state index in [-0.39, 0.29) is 23.3 Å². The third-order valence-corrected chi connectivity index (χ3v) is 4.94. The van der Waals surface area contributed by atoms with Crippen LogP contribution in [0.3, 0.4) is 0 Å². The van der Waals surface area contributed by atoms with Crippen molar-refractivity contribution >= 4 is 29.1 Å². The number of carbonyl (C=O) groups is 2. The van der Waals surface area contributed by atoms with Crippen molar-refractivity contribution in [3.63, 3.8) is 0 Å². The summed E-state index contributed by atoms with van der Waals surface area (Å²) < 4.78 is 12.9. The van der Waals surface area contributed by atoms with E-state index in [9.17, 15) is 14.0 Å². The van der Waals surface area contributed by atoms with Gasteiger partial charge in [0.2, 0.25) is 0 Å². The van der Waals surface area contributed by atoms with E-state index in [0.717, 1.165) is 10.5 Å². The molecule has 1 amide bonds. The van der Waals surface area contributed by atoms with Crippen LogP contribution in [0.4, 0.5) is 10.1 Å². The highest BCUT2D eigenvalue weighted by molar-refractivity contribution is 8.00. The highest BCUT2D eigenvalue weighted by atomic mass is 32.2. The van der Waals surface area contributed by atoms with Crippen LogP contribution in [0, 0.1) is 12.7 Å². The molecule has 0 aromatic heterocycles. The van der Waals surface area contributed by atoms with Crippen LogP contribution >= 0.6 is 11.8 Å². The summed E-state index contributed by atoms with van der Waals surface area (Å²) in [5, 5.41) is 2.86. The number of thioether (sulfide) groups is 1. The van der Waals surface area contributed by atoms with Crippen LogP contribution < -0.4 is 5.32 Å². The number of rotatable bonds is 6. The highest BCUT2D eigenvalue weighted by Gasteiger charge is 2.09. The number of carbonyl (C=O) groups excluding carboxylic acids is 2. The Hall–Kier alpha value is -2.92. The van der Waals surface area contributed by atoms with Gasteiger partial charge in [-0.05, 0) is 61.5 Å². The number of nitrogens with one attached hydrogen (secondary N) is 1. The number of anilines is 1. The minimum atomic E-state index is -0.365. The fourth-order valence-corrected chi connectivity index (χ4v) is 3.29. The molecule has 1 N–H and O–H groups in total. The molecule has 0 radical (unpaired) electrons. The van der Waals surface area contributed by atoms with Crippen LogP contribution in [0.5, 0.6) is 0 Å². The molecular weight excluding hydrogens is 361 g/mol. The van der Waals surface area contributed by atoms with Gasteiger partial charge in [-0.15, -0.1) is 11.8 Å². The maximum absolute atomic E-state index is 12.9. The second-order valence-corrected chi connectivity index (χ2v) is 7.12. The summed E-state index contributed by atoms with van der Waals surface area (Å²) in [5.41, 5.74) is 2.83. The van der Waals surface area contributed by atoms with Gasteiger partial charge in [0.05, 0.1) is 5.75 Å². The molecule has 136 valence electrons. The number of hydrogen-bond donors (Lipinski definition) is 1. The first-order chi connectivity index (χ1) is 13.0. The van der Waals surface area contributed by atoms with Gasteiger partial charge >= 0.3 is 0 Å². The minimum absolute atomic E-state index is 0.0749. The summed E-state index contributed by atoms with van der Waals surface area (Å²) in [6.45, 7) is 1.97. The van der Waals surface area contributed by atoms with Crippen LogP contribution in [-0.2, 0) is 0 Å². The van der Waals surface area contributed by atoms with Crippen molar-refractivity contribution in [3.05, 3.63) is 95.3 Å². The first-order valence-electron chi connectivity index (χ1n) is 8.41. The lowest BCUT2D eigenvalue weighted by molar-refractivity contribution is 0.101. The lowest BCUT2D eigenvalue weighted by Gasteiger charge is -2.08. The molecule has 0 aliphatic heterocycles. The molecule has 3 aromatic rings. The molecule has 0 bridgehead atoms. The third kappa shape index (κ3) is 5.28. The summed E-state index contributed by atoms with van der Waals surface area (Å²) in [7, 11) is 0. The molecule has 0 aliphatic carbocycles. The largest absolute Gasteiger partial charge is 0.322 e. The quantitative estimate of drug-likeness (QED) is 0.463. The van der Waals surface area contributed by atoms with E-state index in [1.54, 1.807) is 18.2 Å². The molecule has 3 nitrogen and oxygen atoms in total. The molecule has 5 heteroatoms. The van der Waals surface area contributed by atoms with Gasteiger partial charge in [-0.2, -0.15) is 0 Å². The van der Waals surface area contributed by atoms with E-state index in [1.165, 1.54) is 36.0 Å². The Morgan fingerprint density at radius 1 is 0.926 bits per heavy atom. The zero-order valence-electron chi connectivity index (χ0n) is 14.7. The third-order valence-electron chi connectivity index (χ3n) is 3.94. The molecule has 0 saturated heterocycles. The number of ketones is 1. The molecule has 0 fully saturated rings. The Bertz CT molecular complexity index is 953. The molecule has 0 spiro atoms. The fourth-order valence-electron chi connectivity index (χ4n) is 2.44. The van der Waals surface area contributed by atoms with Crippen molar-refractivity contribution in [2.45, 2.75) is 11.8 Å². The summed E-state index contributed by atoms with van der Waals surface area (Å²) >= 11 is 1.37. The van der Waals surface area contributed by atoms with Gasteiger partial charge in [-0.3, -0.25) is 9.59 Å². The molecular formula is C22H18FNO2S. The molecule has 0 saturated carbocycles. The van der Waals surface area contributed by atoms with Crippen LogP contribution in [0.25, 0.3) is 0 Å². The first kappa shape index (κ1) is 18.9. The van der Waals surface area contributed by atoms with Crippen molar-refractivity contribution in [1.29, 1.82) is 0 Å². The number of aryl methyl sites for hydroxylation is 1. The van der Waals surface area contributed by atoms with Crippen LogP contribution in [0.1, 0.15) is 26.3 Å². The monoisotopic (exact) mass is 379 g/mol. The number of Topliss-reactive ketones (excluding diaryl/α,β-unsaturated/α-hetero) is 1. The molecule has 0 atom stereocenters. The lowest BCUT2D eigenvalue weighted by Crippen LogP contribution is -2.11. The van der Waals surface area contributed by atoms with Gasteiger partial charge in [0, 0.05) is 21.7 Å². The van der Waals surface area contributed by atoms with Crippen LogP contribution in [0.15, 0.2) is 77.7 Å². The zero-order chi connectivity index (χ0) is 19.2. The second-order valence-electron chi connectivity index (χ2n) is 6.07. The predicted octanol–water partition coefficient (Wildman–Crippen LogP) is 5.36. The Labute approximate surface area is 161 Å². The van der Waals surface area contributed by atoms with Crippen LogP contribution in [0.2, 0.25) is 0 Å². The number of benzene rings is 3. The smallest absolute Gasteiger partial charge is 0.255 e. The van der Waals surface area contributed by atoms with Crippen molar-refractivity contribution in [3.8, 4) is 0 Å². The zero-order valence-corrected chi connectivity index (χ0v) is 15.6. The van der Waals surface area contributed by atoms with Crippen molar-refractivity contribution < 1.29 is 14.0 Å². The molecule has 3 aromatic carbocycles. The fraction of sp³-hybridized carbons (Fsp3) is 0.0909. The summed E-state index contributed by atoms with van der Waals surface area (Å²) in [5.74, 6) is -0.383. The molecule has 0 unspecified atom stereocenters. The summed E-state index contributed by atoms with van der Waals surface area (Å²) in [4.78, 5) is 25.4. The Balaban J connectivity index is 1.61. The van der Waals surface area contributed by atoms with Crippen molar-refractivity contribution in [1.82, 2.24) is 0 Å². The van der Waals surface area contributed by atoms with Gasteiger partial charge in [0.15, 0.2) is 5.78 Å². The topological polar surface area (TPSA) is 46.2 Å². The first-order valence-corrected chi connectivity index (χ1v) is 9.39. The van der Waals surface area contributed by atoms with Gasteiger partial charge < -0.3 is 5.32 Å². The average molecular weight is 379 g/mol. The SMILES string of the molecule is Cc1ccc(C(=O)Nc2cccc(SCC(=O)c3ccc(F)cc3)c2)cc1. The van der Waals surface area contributed by atoms with Gasteiger partial charge in [-0.1, -0.05) is 23.8 Å². The van der Waals surface area contributed by atoms with Gasteiger partial charge in [0.1, 0.15) is 5.82 Å². The van der Waals surface area contributed by atoms with Crippen molar-refractivity contribution in [2.24, 2.45) is 0 Å². The van der Waals surface area contributed by atoms with E-state index >= 15 is 0 Å². The van der Waals surface area contributed by atoms with E-state index < -0.39 is 0 Å². The Morgan fingerprint density at radius 2 is 1.59 bits per heavy atom.